The third-order valence-electron chi connectivity index (χ3n) is 8.87. The number of fused-ring (bicyclic) bond motifs is 1. The third kappa shape index (κ3) is 7.96. The minimum Gasteiger partial charge on any atom is -0.492 e. The number of nitriles is 2. The molecule has 0 radical (unpaired) electrons. The fourth-order valence-corrected chi connectivity index (χ4v) is 11.8. The summed E-state index contributed by atoms with van der Waals surface area (Å²) in [6.07, 6.45) is 5.76. The molecule has 6 heterocycles. The maximum atomic E-state index is 9.77. The van der Waals surface area contributed by atoms with Crippen molar-refractivity contribution in [3.63, 3.8) is 0 Å². The third-order valence-corrected chi connectivity index (χ3v) is 15.4. The van der Waals surface area contributed by atoms with Crippen LogP contribution in [-0.4, -0.2) is 13.2 Å². The van der Waals surface area contributed by atoms with Gasteiger partial charge in [0.15, 0.2) is 0 Å². The highest BCUT2D eigenvalue weighted by Gasteiger charge is 2.20. The Morgan fingerprint density at radius 3 is 1.32 bits per heavy atom. The van der Waals surface area contributed by atoms with Crippen molar-refractivity contribution in [2.75, 3.05) is 13.2 Å². The van der Waals surface area contributed by atoms with Crippen molar-refractivity contribution < 1.29 is 9.47 Å². The SMILES string of the molecule is CCCOc1c(-c2ccc(-c3ccc(C=C(C#N)c4cccs4)s3)s2)ccc2c(OCCC)c(-c3ccc(-c4ccc(C=C(C#N)c5cccs5)s4)s3)ccc12. The number of rotatable bonds is 14. The second-order valence-electron chi connectivity index (χ2n) is 12.7. The first-order valence-corrected chi connectivity index (χ1v) is 23.2. The number of thiophene rings is 6. The van der Waals surface area contributed by atoms with Crippen LogP contribution in [0.25, 0.3) is 74.5 Å². The normalized spacial score (nSPS) is 11.9. The summed E-state index contributed by atoms with van der Waals surface area (Å²) in [6, 6.07) is 38.6. The van der Waals surface area contributed by atoms with Gasteiger partial charge in [-0.1, -0.05) is 26.0 Å². The molecular formula is C46H34N2O2S6. The van der Waals surface area contributed by atoms with Crippen LogP contribution < -0.4 is 9.47 Å². The Balaban J connectivity index is 1.12. The maximum Gasteiger partial charge on any atom is 0.135 e. The lowest BCUT2D eigenvalue weighted by molar-refractivity contribution is 0.319. The molecule has 8 aromatic rings. The first-order valence-electron chi connectivity index (χ1n) is 18.1. The lowest BCUT2D eigenvalue weighted by Crippen LogP contribution is -2.01. The fourth-order valence-electron chi connectivity index (χ4n) is 6.28. The minimum atomic E-state index is 0.610. The molecule has 0 spiro atoms. The lowest BCUT2D eigenvalue weighted by atomic mass is 9.99. The fraction of sp³-hybridized carbons (Fsp3) is 0.130. The molecule has 4 nitrogen and oxygen atoms in total. The van der Waals surface area contributed by atoms with Crippen molar-refractivity contribution in [2.45, 2.75) is 26.7 Å². The summed E-state index contributed by atoms with van der Waals surface area (Å²) in [4.78, 5) is 11.1. The molecule has 6 aromatic heterocycles. The summed E-state index contributed by atoms with van der Waals surface area (Å²) in [5, 5.41) is 25.6. The summed E-state index contributed by atoms with van der Waals surface area (Å²) >= 11 is 10.1. The van der Waals surface area contributed by atoms with Crippen molar-refractivity contribution in [2.24, 2.45) is 0 Å². The standard InChI is InChI=1S/C46H34N2O2S6/c1-3-21-49-45-33-11-14-36(40-18-20-44(56-40)42-16-10-32(54-42)26-30(28-48)38-8-6-24-52-38)46(50-22-4-2)34(33)12-13-35(45)39-17-19-43(55-39)41-15-9-31(53-41)25-29(27-47)37-7-5-23-51-37/h5-20,23-26H,3-4,21-22H2,1-2H3. The second-order valence-corrected chi connectivity index (χ2v) is 19.0. The van der Waals surface area contributed by atoms with Crippen LogP contribution in [0.4, 0.5) is 0 Å². The van der Waals surface area contributed by atoms with Crippen molar-refractivity contribution in [1.29, 1.82) is 10.5 Å². The summed E-state index contributed by atoms with van der Waals surface area (Å²) in [6.45, 7) is 5.49. The Morgan fingerprint density at radius 1 is 0.518 bits per heavy atom. The molecule has 0 amide bonds. The first-order chi connectivity index (χ1) is 27.6. The van der Waals surface area contributed by atoms with Gasteiger partial charge in [0.25, 0.3) is 0 Å². The molecule has 276 valence electrons. The first kappa shape index (κ1) is 37.9. The van der Waals surface area contributed by atoms with Gasteiger partial charge in [-0.25, -0.2) is 0 Å². The van der Waals surface area contributed by atoms with Crippen LogP contribution in [0.5, 0.6) is 11.5 Å². The predicted molar refractivity (Wildman–Crippen MR) is 244 cm³/mol. The summed E-state index contributed by atoms with van der Waals surface area (Å²) in [5.74, 6) is 1.75. The van der Waals surface area contributed by atoms with Crippen LogP contribution in [0.2, 0.25) is 0 Å². The van der Waals surface area contributed by atoms with Gasteiger partial charge < -0.3 is 9.47 Å². The van der Waals surface area contributed by atoms with Crippen molar-refractivity contribution in [1.82, 2.24) is 0 Å². The highest BCUT2D eigenvalue weighted by Crippen LogP contribution is 2.49. The molecule has 0 bridgehead atoms. The zero-order valence-corrected chi connectivity index (χ0v) is 35.4. The van der Waals surface area contributed by atoms with Crippen LogP contribution in [0.1, 0.15) is 46.2 Å². The Bertz CT molecular complexity index is 2570. The van der Waals surface area contributed by atoms with Crippen LogP contribution in [0.3, 0.4) is 0 Å². The largest absolute Gasteiger partial charge is 0.492 e. The number of ether oxygens (including phenoxy) is 2. The molecule has 0 aliphatic heterocycles. The van der Waals surface area contributed by atoms with Gasteiger partial charge in [0.1, 0.15) is 23.6 Å². The molecule has 10 heteroatoms. The van der Waals surface area contributed by atoms with E-state index in [0.717, 1.165) is 75.5 Å². The van der Waals surface area contributed by atoms with Crippen molar-refractivity contribution in [3.8, 4) is 64.0 Å². The summed E-state index contributed by atoms with van der Waals surface area (Å²) in [5.41, 5.74) is 3.50. The maximum absolute atomic E-state index is 9.77. The quantitative estimate of drug-likeness (QED) is 0.102. The van der Waals surface area contributed by atoms with Gasteiger partial charge in [0.05, 0.1) is 24.4 Å². The van der Waals surface area contributed by atoms with E-state index in [2.05, 4.69) is 98.8 Å². The molecular weight excluding hydrogens is 805 g/mol. The topological polar surface area (TPSA) is 66.0 Å². The van der Waals surface area contributed by atoms with Gasteiger partial charge in [-0.05, 0) is 121 Å². The monoisotopic (exact) mass is 838 g/mol. The van der Waals surface area contributed by atoms with E-state index in [1.807, 2.05) is 47.2 Å². The molecule has 8 rings (SSSR count). The second kappa shape index (κ2) is 17.4. The van der Waals surface area contributed by atoms with Crippen LogP contribution >= 0.6 is 68.0 Å². The lowest BCUT2D eigenvalue weighted by Gasteiger charge is -2.18. The zero-order valence-electron chi connectivity index (χ0n) is 30.5. The van der Waals surface area contributed by atoms with Crippen LogP contribution in [0, 0.1) is 22.7 Å². The molecule has 0 saturated heterocycles. The van der Waals surface area contributed by atoms with Gasteiger partial charge >= 0.3 is 0 Å². The van der Waals surface area contributed by atoms with E-state index in [1.165, 1.54) is 19.5 Å². The predicted octanol–water partition coefficient (Wildman–Crippen LogP) is 15.6. The zero-order chi connectivity index (χ0) is 38.4. The van der Waals surface area contributed by atoms with E-state index in [4.69, 9.17) is 9.47 Å². The molecule has 0 aliphatic rings. The Kier molecular flexibility index (Phi) is 11.8. The van der Waals surface area contributed by atoms with E-state index in [-0.39, 0.29) is 0 Å². The summed E-state index contributed by atoms with van der Waals surface area (Å²) in [7, 11) is 0. The average Bonchev–Trinajstić information content (AvgIpc) is 4.08. The van der Waals surface area contributed by atoms with Crippen molar-refractivity contribution in [3.05, 3.63) is 127 Å². The number of hydrogen-bond acceptors (Lipinski definition) is 10. The average molecular weight is 839 g/mol. The van der Waals surface area contributed by atoms with E-state index < -0.39 is 0 Å². The van der Waals surface area contributed by atoms with E-state index in [0.29, 0.717) is 24.4 Å². The molecule has 0 fully saturated rings. The highest BCUT2D eigenvalue weighted by molar-refractivity contribution is 7.25. The number of allylic oxidation sites excluding steroid dienone is 2. The van der Waals surface area contributed by atoms with Gasteiger partial charge in [0, 0.05) is 70.7 Å². The molecule has 2 aromatic carbocycles. The molecule has 0 atom stereocenters. The molecule has 56 heavy (non-hydrogen) atoms. The van der Waals surface area contributed by atoms with E-state index >= 15 is 0 Å². The Labute approximate surface area is 350 Å². The Hall–Kier alpha value is -5.04. The van der Waals surface area contributed by atoms with Crippen molar-refractivity contribution >= 4 is 102 Å². The molecule has 0 unspecified atom stereocenters. The van der Waals surface area contributed by atoms with E-state index in [9.17, 15) is 10.5 Å². The van der Waals surface area contributed by atoms with Gasteiger partial charge in [-0.2, -0.15) is 10.5 Å². The van der Waals surface area contributed by atoms with E-state index in [1.54, 1.807) is 68.0 Å². The highest BCUT2D eigenvalue weighted by atomic mass is 32.1. The van der Waals surface area contributed by atoms with Gasteiger partial charge in [0.2, 0.25) is 0 Å². The number of benzene rings is 2. The number of nitrogens with zero attached hydrogens (tertiary/aromatic N) is 2. The molecule has 0 aliphatic carbocycles. The molecule has 0 N–H and O–H groups in total. The minimum absolute atomic E-state index is 0.610. The van der Waals surface area contributed by atoms with Gasteiger partial charge in [-0.15, -0.1) is 68.0 Å². The molecule has 0 saturated carbocycles. The Morgan fingerprint density at radius 2 is 0.929 bits per heavy atom. The smallest absolute Gasteiger partial charge is 0.135 e. The summed E-state index contributed by atoms with van der Waals surface area (Å²) < 4.78 is 13.2. The van der Waals surface area contributed by atoms with Crippen LogP contribution in [0.15, 0.2) is 108 Å². The van der Waals surface area contributed by atoms with Gasteiger partial charge in [-0.3, -0.25) is 0 Å². The van der Waals surface area contributed by atoms with Crippen LogP contribution in [-0.2, 0) is 0 Å². The number of hydrogen-bond donors (Lipinski definition) is 0.